The van der Waals surface area contributed by atoms with Crippen molar-refractivity contribution in [3.8, 4) is 11.5 Å². The van der Waals surface area contributed by atoms with E-state index in [9.17, 15) is 4.79 Å². The lowest BCUT2D eigenvalue weighted by molar-refractivity contribution is -0.115. The summed E-state index contributed by atoms with van der Waals surface area (Å²) in [6.07, 6.45) is 1.59. The molecule has 0 radical (unpaired) electrons. The number of hydrogen-bond acceptors (Lipinski definition) is 6. The number of rotatable bonds is 7. The highest BCUT2D eigenvalue weighted by Crippen LogP contribution is 2.24. The molecule has 0 atom stereocenters. The van der Waals surface area contributed by atoms with Gasteiger partial charge in [-0.1, -0.05) is 0 Å². The average Bonchev–Trinajstić information content (AvgIpc) is 3.04. The van der Waals surface area contributed by atoms with Gasteiger partial charge in [0.1, 0.15) is 5.69 Å². The number of hydrogen-bond donors (Lipinski definition) is 2. The van der Waals surface area contributed by atoms with Gasteiger partial charge in [-0.05, 0) is 12.1 Å². The highest BCUT2D eigenvalue weighted by Gasteiger charge is 2.09. The molecule has 0 fully saturated rings. The minimum absolute atomic E-state index is 0. The van der Waals surface area contributed by atoms with E-state index in [0.717, 1.165) is 5.69 Å². The van der Waals surface area contributed by atoms with Gasteiger partial charge in [-0.15, -0.1) is 23.7 Å². The molecule has 0 aliphatic rings. The lowest BCUT2D eigenvalue weighted by Gasteiger charge is -2.03. The molecule has 2 N–H and O–H groups in total. The fourth-order valence-corrected chi connectivity index (χ4v) is 2.12. The fraction of sp³-hybridized carbons (Fsp3) is 0.333. The third-order valence-electron chi connectivity index (χ3n) is 2.29. The Morgan fingerprint density at radius 1 is 1.55 bits per heavy atom. The molecule has 6 nitrogen and oxygen atoms in total. The third-order valence-corrected chi connectivity index (χ3v) is 3.05. The summed E-state index contributed by atoms with van der Waals surface area (Å²) in [5.74, 6) is 0.561. The van der Waals surface area contributed by atoms with Crippen LogP contribution in [-0.4, -0.2) is 37.7 Å². The first kappa shape index (κ1) is 16.6. The Bertz CT molecular complexity index is 516. The SMILES string of the molecule is COCCNCC(=O)Nc1nc(-c2ccco2)cs1.Cl. The van der Waals surface area contributed by atoms with Crippen molar-refractivity contribution in [2.24, 2.45) is 0 Å². The monoisotopic (exact) mass is 317 g/mol. The molecule has 0 aliphatic carbocycles. The highest BCUT2D eigenvalue weighted by atomic mass is 35.5. The molecule has 8 heteroatoms. The molecule has 0 spiro atoms. The highest BCUT2D eigenvalue weighted by molar-refractivity contribution is 7.14. The van der Waals surface area contributed by atoms with Gasteiger partial charge in [0, 0.05) is 19.0 Å². The number of amides is 1. The van der Waals surface area contributed by atoms with Crippen molar-refractivity contribution in [2.75, 3.05) is 32.1 Å². The molecule has 1 amide bonds. The van der Waals surface area contributed by atoms with Gasteiger partial charge in [0.05, 0.1) is 19.4 Å². The summed E-state index contributed by atoms with van der Waals surface area (Å²) < 4.78 is 10.1. The Hall–Kier alpha value is -1.41. The van der Waals surface area contributed by atoms with E-state index in [1.165, 1.54) is 11.3 Å². The Morgan fingerprint density at radius 2 is 2.40 bits per heavy atom. The van der Waals surface area contributed by atoms with E-state index < -0.39 is 0 Å². The van der Waals surface area contributed by atoms with Crippen LogP contribution in [-0.2, 0) is 9.53 Å². The van der Waals surface area contributed by atoms with Crippen molar-refractivity contribution in [3.63, 3.8) is 0 Å². The molecule has 2 aromatic heterocycles. The fourth-order valence-electron chi connectivity index (χ4n) is 1.41. The van der Waals surface area contributed by atoms with Gasteiger partial charge >= 0.3 is 0 Å². The minimum Gasteiger partial charge on any atom is -0.463 e. The number of ether oxygens (including phenoxy) is 1. The van der Waals surface area contributed by atoms with Crippen LogP contribution in [0.5, 0.6) is 0 Å². The molecule has 2 aromatic rings. The van der Waals surface area contributed by atoms with Crippen LogP contribution in [0.4, 0.5) is 5.13 Å². The maximum absolute atomic E-state index is 11.6. The third kappa shape index (κ3) is 4.93. The molecule has 0 aromatic carbocycles. The first-order valence-corrected chi connectivity index (χ1v) is 6.66. The number of nitrogens with one attached hydrogen (secondary N) is 2. The molecule has 0 unspecified atom stereocenters. The molecule has 0 saturated heterocycles. The van der Waals surface area contributed by atoms with E-state index in [1.54, 1.807) is 19.4 Å². The van der Waals surface area contributed by atoms with Crippen LogP contribution in [0.15, 0.2) is 28.2 Å². The maximum Gasteiger partial charge on any atom is 0.240 e. The zero-order chi connectivity index (χ0) is 13.5. The smallest absolute Gasteiger partial charge is 0.240 e. The topological polar surface area (TPSA) is 76.4 Å². The molecular formula is C12H16ClN3O3S. The summed E-state index contributed by atoms with van der Waals surface area (Å²) in [6, 6.07) is 3.62. The molecule has 20 heavy (non-hydrogen) atoms. The van der Waals surface area contributed by atoms with Crippen molar-refractivity contribution in [1.82, 2.24) is 10.3 Å². The van der Waals surface area contributed by atoms with E-state index in [4.69, 9.17) is 9.15 Å². The minimum atomic E-state index is -0.128. The second kappa shape index (κ2) is 8.70. The van der Waals surface area contributed by atoms with Crippen molar-refractivity contribution < 1.29 is 13.9 Å². The number of carbonyl (C=O) groups excluding carboxylic acids is 1. The number of furan rings is 1. The first-order valence-electron chi connectivity index (χ1n) is 5.78. The average molecular weight is 318 g/mol. The van der Waals surface area contributed by atoms with Crippen LogP contribution in [0.1, 0.15) is 0 Å². The molecule has 2 rings (SSSR count). The Kier molecular flexibility index (Phi) is 7.24. The number of aromatic nitrogens is 1. The second-order valence-electron chi connectivity index (χ2n) is 3.73. The zero-order valence-corrected chi connectivity index (χ0v) is 12.6. The molecule has 0 saturated carbocycles. The van der Waals surface area contributed by atoms with Gasteiger partial charge in [-0.25, -0.2) is 4.98 Å². The summed E-state index contributed by atoms with van der Waals surface area (Å²) in [6.45, 7) is 1.45. The van der Waals surface area contributed by atoms with Crippen LogP contribution in [0.2, 0.25) is 0 Å². The van der Waals surface area contributed by atoms with E-state index in [2.05, 4.69) is 15.6 Å². The van der Waals surface area contributed by atoms with Crippen LogP contribution in [0.25, 0.3) is 11.5 Å². The van der Waals surface area contributed by atoms with Crippen LogP contribution >= 0.6 is 23.7 Å². The Morgan fingerprint density at radius 3 is 3.10 bits per heavy atom. The first-order chi connectivity index (χ1) is 9.29. The Balaban J connectivity index is 0.00000200. The summed E-state index contributed by atoms with van der Waals surface area (Å²) in [7, 11) is 1.62. The van der Waals surface area contributed by atoms with Gasteiger partial charge in [-0.3, -0.25) is 4.79 Å². The lowest BCUT2D eigenvalue weighted by Crippen LogP contribution is -2.30. The van der Waals surface area contributed by atoms with Gasteiger partial charge < -0.3 is 19.8 Å². The largest absolute Gasteiger partial charge is 0.463 e. The summed E-state index contributed by atoms with van der Waals surface area (Å²) >= 11 is 1.36. The molecule has 0 aliphatic heterocycles. The van der Waals surface area contributed by atoms with Crippen molar-refractivity contribution in [2.45, 2.75) is 0 Å². The number of nitrogens with zero attached hydrogens (tertiary/aromatic N) is 1. The van der Waals surface area contributed by atoms with Crippen molar-refractivity contribution >= 4 is 34.8 Å². The Labute approximate surface area is 126 Å². The molecule has 2 heterocycles. The second-order valence-corrected chi connectivity index (χ2v) is 4.59. The van der Waals surface area contributed by atoms with Crippen molar-refractivity contribution in [3.05, 3.63) is 23.8 Å². The number of anilines is 1. The van der Waals surface area contributed by atoms with E-state index in [-0.39, 0.29) is 24.9 Å². The van der Waals surface area contributed by atoms with Crippen LogP contribution < -0.4 is 10.6 Å². The van der Waals surface area contributed by atoms with Crippen LogP contribution in [0, 0.1) is 0 Å². The lowest BCUT2D eigenvalue weighted by atomic mass is 10.4. The molecule has 110 valence electrons. The predicted octanol–water partition coefficient (Wildman–Crippen LogP) is 2.00. The number of thiazole rings is 1. The number of carbonyl (C=O) groups is 1. The quantitative estimate of drug-likeness (QED) is 0.764. The number of halogens is 1. The van der Waals surface area contributed by atoms with Crippen LogP contribution in [0.3, 0.4) is 0 Å². The molecule has 0 bridgehead atoms. The summed E-state index contributed by atoms with van der Waals surface area (Å²) in [5.41, 5.74) is 0.720. The van der Waals surface area contributed by atoms with E-state index in [1.807, 2.05) is 11.4 Å². The maximum atomic E-state index is 11.6. The van der Waals surface area contributed by atoms with Gasteiger partial charge in [0.15, 0.2) is 10.9 Å². The molecular weight excluding hydrogens is 302 g/mol. The van der Waals surface area contributed by atoms with E-state index >= 15 is 0 Å². The normalized spacial score (nSPS) is 10.1. The predicted molar refractivity (Wildman–Crippen MR) is 80.4 cm³/mol. The standard InChI is InChI=1S/C12H15N3O3S.ClH/c1-17-6-4-13-7-11(16)15-12-14-9(8-19-12)10-3-2-5-18-10;/h2-3,5,8,13H,4,6-7H2,1H3,(H,14,15,16);1H. The summed E-state index contributed by atoms with van der Waals surface area (Å²) in [5, 5.41) is 8.09. The summed E-state index contributed by atoms with van der Waals surface area (Å²) in [4.78, 5) is 15.9. The van der Waals surface area contributed by atoms with E-state index in [0.29, 0.717) is 24.0 Å². The van der Waals surface area contributed by atoms with Gasteiger partial charge in [0.25, 0.3) is 0 Å². The zero-order valence-electron chi connectivity index (χ0n) is 10.9. The number of methoxy groups -OCH3 is 1. The van der Waals surface area contributed by atoms with Gasteiger partial charge in [0.2, 0.25) is 5.91 Å². The van der Waals surface area contributed by atoms with Crippen molar-refractivity contribution in [1.29, 1.82) is 0 Å². The van der Waals surface area contributed by atoms with Gasteiger partial charge in [-0.2, -0.15) is 0 Å².